The third-order valence-corrected chi connectivity index (χ3v) is 5.13. The monoisotopic (exact) mass is 295 g/mol. The molecule has 0 amide bonds. The van der Waals surface area contributed by atoms with Gasteiger partial charge in [0, 0.05) is 5.41 Å². The van der Waals surface area contributed by atoms with Crippen LogP contribution < -0.4 is 5.32 Å². The van der Waals surface area contributed by atoms with E-state index in [-0.39, 0.29) is 16.7 Å². The summed E-state index contributed by atoms with van der Waals surface area (Å²) >= 11 is 5.01. The predicted octanol–water partition coefficient (Wildman–Crippen LogP) is 2.90. The average Bonchev–Trinajstić information content (AvgIpc) is 2.61. The number of hydrogen-bond donors (Lipinski definition) is 1. The lowest BCUT2D eigenvalue weighted by Gasteiger charge is -2.32. The van der Waals surface area contributed by atoms with Crippen LogP contribution in [0.15, 0.2) is 0 Å². The summed E-state index contributed by atoms with van der Waals surface area (Å²) in [5, 5.41) is 3.17. The first-order valence-electron chi connectivity index (χ1n) is 6.10. The summed E-state index contributed by atoms with van der Waals surface area (Å²) in [6, 6.07) is 0. The molecule has 0 bridgehead atoms. The lowest BCUT2D eigenvalue weighted by atomic mass is 9.89. The summed E-state index contributed by atoms with van der Waals surface area (Å²) in [5.41, 5.74) is -0.220. The molecule has 0 aliphatic carbocycles. The van der Waals surface area contributed by atoms with Gasteiger partial charge in [-0.15, -0.1) is 0 Å². The second kappa shape index (κ2) is 5.87. The van der Waals surface area contributed by atoms with Crippen molar-refractivity contribution in [2.75, 3.05) is 13.2 Å². The minimum atomic E-state index is -3.28. The summed E-state index contributed by atoms with van der Waals surface area (Å²) in [6.07, 6.45) is -0.339. The Morgan fingerprint density at radius 1 is 1.33 bits per heavy atom. The van der Waals surface area contributed by atoms with Gasteiger partial charge in [-0.3, -0.25) is 4.57 Å². The van der Waals surface area contributed by atoms with Crippen molar-refractivity contribution in [1.82, 2.24) is 5.32 Å². The first-order chi connectivity index (χ1) is 8.24. The van der Waals surface area contributed by atoms with Crippen LogP contribution in [0.4, 0.5) is 0 Å². The largest absolute Gasteiger partial charge is 0.464 e. The van der Waals surface area contributed by atoms with Gasteiger partial charge in [-0.05, 0) is 26.1 Å². The average molecular weight is 295 g/mol. The summed E-state index contributed by atoms with van der Waals surface area (Å²) in [7, 11) is -3.28. The normalized spacial score (nSPS) is 24.8. The molecular formula is C11H22NO4PS. The predicted molar refractivity (Wildman–Crippen MR) is 74.7 cm³/mol. The van der Waals surface area contributed by atoms with E-state index in [9.17, 15) is 4.57 Å². The molecule has 18 heavy (non-hydrogen) atoms. The van der Waals surface area contributed by atoms with Crippen molar-refractivity contribution in [2.45, 2.75) is 46.5 Å². The van der Waals surface area contributed by atoms with Gasteiger partial charge in [0.1, 0.15) is 6.10 Å². The molecule has 1 fully saturated rings. The summed E-state index contributed by atoms with van der Waals surface area (Å²) in [6.45, 7) is 10.2. The highest BCUT2D eigenvalue weighted by atomic mass is 32.1. The SMILES string of the molecule is CCOP(=O)(OCC)[C@H]1NC(=S)O[C@H]1C(C)(C)C. The quantitative estimate of drug-likeness (QED) is 0.621. The molecule has 1 saturated heterocycles. The van der Waals surface area contributed by atoms with E-state index in [1.54, 1.807) is 13.8 Å². The van der Waals surface area contributed by atoms with Gasteiger partial charge >= 0.3 is 7.60 Å². The zero-order valence-corrected chi connectivity index (χ0v) is 13.3. The van der Waals surface area contributed by atoms with Crippen molar-refractivity contribution in [3.8, 4) is 0 Å². The Morgan fingerprint density at radius 2 is 1.83 bits per heavy atom. The molecule has 1 rings (SSSR count). The number of nitrogens with one attached hydrogen (secondary N) is 1. The van der Waals surface area contributed by atoms with Gasteiger partial charge in [-0.25, -0.2) is 0 Å². The molecule has 2 atom stereocenters. The molecule has 0 aromatic heterocycles. The molecule has 1 heterocycles. The lowest BCUT2D eigenvalue weighted by molar-refractivity contribution is 0.0882. The van der Waals surface area contributed by atoms with Crippen LogP contribution in [0.3, 0.4) is 0 Å². The Hall–Kier alpha value is -0.160. The van der Waals surface area contributed by atoms with E-state index in [1.807, 2.05) is 20.8 Å². The highest BCUT2D eigenvalue weighted by molar-refractivity contribution is 7.80. The Labute approximate surface area is 114 Å². The molecule has 106 valence electrons. The molecule has 0 aromatic rings. The van der Waals surface area contributed by atoms with E-state index in [4.69, 9.17) is 26.0 Å². The van der Waals surface area contributed by atoms with E-state index >= 15 is 0 Å². The van der Waals surface area contributed by atoms with E-state index in [0.29, 0.717) is 13.2 Å². The molecule has 1 N–H and O–H groups in total. The van der Waals surface area contributed by atoms with Gasteiger partial charge in [0.05, 0.1) is 13.2 Å². The van der Waals surface area contributed by atoms with Gasteiger partial charge in [0.2, 0.25) is 0 Å². The summed E-state index contributed by atoms with van der Waals surface area (Å²) in [5.74, 6) is -0.551. The molecule has 1 aliphatic heterocycles. The maximum atomic E-state index is 12.8. The molecule has 0 spiro atoms. The van der Waals surface area contributed by atoms with Crippen LogP contribution in [0, 0.1) is 5.41 Å². The van der Waals surface area contributed by atoms with Crippen LogP contribution >= 0.6 is 19.8 Å². The summed E-state index contributed by atoms with van der Waals surface area (Å²) in [4.78, 5) is 0. The maximum absolute atomic E-state index is 12.8. The van der Waals surface area contributed by atoms with E-state index in [0.717, 1.165) is 0 Å². The Morgan fingerprint density at radius 3 is 2.22 bits per heavy atom. The third-order valence-electron chi connectivity index (χ3n) is 2.60. The number of rotatable bonds is 5. The molecule has 0 radical (unpaired) electrons. The van der Waals surface area contributed by atoms with Crippen LogP contribution in [-0.2, 0) is 18.3 Å². The standard InChI is InChI=1S/C11H22NO4PS/c1-6-14-17(13,15-7-2)9-8(11(3,4)5)16-10(18)12-9/h8-9H,6-7H2,1-5H3,(H,12,18)/t8-,9-/m1/s1. The van der Waals surface area contributed by atoms with Gasteiger partial charge < -0.3 is 19.1 Å². The van der Waals surface area contributed by atoms with Crippen molar-refractivity contribution in [3.63, 3.8) is 0 Å². The smallest absolute Gasteiger partial charge is 0.356 e. The van der Waals surface area contributed by atoms with E-state index < -0.39 is 13.4 Å². The zero-order valence-electron chi connectivity index (χ0n) is 11.6. The van der Waals surface area contributed by atoms with Crippen molar-refractivity contribution in [2.24, 2.45) is 5.41 Å². The molecule has 0 saturated carbocycles. The van der Waals surface area contributed by atoms with Crippen LogP contribution in [-0.4, -0.2) is 30.3 Å². The van der Waals surface area contributed by atoms with E-state index in [2.05, 4.69) is 5.32 Å². The second-order valence-electron chi connectivity index (χ2n) is 5.16. The van der Waals surface area contributed by atoms with Crippen LogP contribution in [0.5, 0.6) is 0 Å². The molecule has 1 aliphatic rings. The number of ether oxygens (including phenoxy) is 1. The molecule has 0 aromatic carbocycles. The minimum absolute atomic E-state index is 0.220. The number of thiocarbonyl (C=S) groups is 1. The van der Waals surface area contributed by atoms with Gasteiger partial charge in [0.25, 0.3) is 5.17 Å². The number of hydrogen-bond acceptors (Lipinski definition) is 5. The lowest BCUT2D eigenvalue weighted by Crippen LogP contribution is -2.40. The summed E-state index contributed by atoms with van der Waals surface area (Å²) < 4.78 is 29.1. The first-order valence-corrected chi connectivity index (χ1v) is 8.12. The van der Waals surface area contributed by atoms with Crippen LogP contribution in [0.2, 0.25) is 0 Å². The second-order valence-corrected chi connectivity index (χ2v) is 7.68. The topological polar surface area (TPSA) is 56.8 Å². The fourth-order valence-electron chi connectivity index (χ4n) is 1.86. The van der Waals surface area contributed by atoms with Crippen LogP contribution in [0.1, 0.15) is 34.6 Å². The highest BCUT2D eigenvalue weighted by Gasteiger charge is 2.51. The maximum Gasteiger partial charge on any atom is 0.356 e. The molecular weight excluding hydrogens is 273 g/mol. The molecule has 0 unspecified atom stereocenters. The minimum Gasteiger partial charge on any atom is -0.464 e. The highest BCUT2D eigenvalue weighted by Crippen LogP contribution is 2.56. The molecule has 7 heteroatoms. The fraction of sp³-hybridized carbons (Fsp3) is 0.909. The Bertz CT molecular complexity index is 345. The Balaban J connectivity index is 3.02. The zero-order chi connectivity index (χ0) is 14.0. The van der Waals surface area contributed by atoms with Gasteiger partial charge in [0.15, 0.2) is 5.78 Å². The van der Waals surface area contributed by atoms with Crippen LogP contribution in [0.25, 0.3) is 0 Å². The molecule has 5 nitrogen and oxygen atoms in total. The van der Waals surface area contributed by atoms with E-state index in [1.165, 1.54) is 0 Å². The van der Waals surface area contributed by atoms with Gasteiger partial charge in [-0.2, -0.15) is 0 Å². The fourth-order valence-corrected chi connectivity index (χ4v) is 4.41. The van der Waals surface area contributed by atoms with Crippen molar-refractivity contribution < 1.29 is 18.3 Å². The van der Waals surface area contributed by atoms with Crippen molar-refractivity contribution in [3.05, 3.63) is 0 Å². The van der Waals surface area contributed by atoms with Crippen molar-refractivity contribution >= 4 is 25.0 Å². The van der Waals surface area contributed by atoms with Crippen molar-refractivity contribution in [1.29, 1.82) is 0 Å². The van der Waals surface area contributed by atoms with Gasteiger partial charge in [-0.1, -0.05) is 20.8 Å². The Kier molecular flexibility index (Phi) is 5.18. The first kappa shape index (κ1) is 15.9. The third kappa shape index (κ3) is 3.44.